The lowest BCUT2D eigenvalue weighted by Gasteiger charge is -2.30. The number of aliphatic carboxylic acids is 1. The summed E-state index contributed by atoms with van der Waals surface area (Å²) in [4.78, 5) is 12.5. The molecule has 1 aliphatic rings. The van der Waals surface area contributed by atoms with E-state index >= 15 is 0 Å². The van der Waals surface area contributed by atoms with Crippen LogP contribution in [0.1, 0.15) is 75.8 Å². The number of anilines is 1. The van der Waals surface area contributed by atoms with E-state index in [4.69, 9.17) is 28.8 Å². The number of nitrogens with zero attached hydrogens (tertiary/aromatic N) is 2. The fourth-order valence-corrected chi connectivity index (χ4v) is 8.79. The Morgan fingerprint density at radius 2 is 1.38 bits per heavy atom. The largest absolute Gasteiger partial charge is 0.481 e. The predicted octanol–water partition coefficient (Wildman–Crippen LogP) is 5.26. The molecule has 0 saturated carbocycles. The summed E-state index contributed by atoms with van der Waals surface area (Å²) in [5, 5.41) is 9.16. The molecule has 0 amide bonds. The second-order valence-corrected chi connectivity index (χ2v) is 19.6. The Balaban J connectivity index is 2.09. The first kappa shape index (κ1) is 53.7. The van der Waals surface area contributed by atoms with Crippen molar-refractivity contribution in [3.8, 4) is 0 Å². The number of fused-ring (bicyclic) bond motifs is 1. The van der Waals surface area contributed by atoms with Gasteiger partial charge in [0, 0.05) is 74.7 Å². The zero-order chi connectivity index (χ0) is 46.7. The van der Waals surface area contributed by atoms with Crippen LogP contribution in [0.4, 0.5) is 11.4 Å². The van der Waals surface area contributed by atoms with E-state index in [1.54, 1.807) is 50.8 Å². The molecule has 21 heteroatoms. The van der Waals surface area contributed by atoms with E-state index in [9.17, 15) is 43.7 Å². The van der Waals surface area contributed by atoms with Crippen molar-refractivity contribution in [2.24, 2.45) is 0 Å². The van der Waals surface area contributed by atoms with Gasteiger partial charge in [0.15, 0.2) is 6.21 Å². The molecule has 0 saturated heterocycles. The maximum atomic E-state index is 12.3. The predicted molar refractivity (Wildman–Crippen MR) is 236 cm³/mol. The number of rotatable bonds is 31. The number of unbranched alkanes of at least 4 members (excludes halogenated alkanes) is 2. The SMILES string of the molecule is COCCOCCOCCOCCN1C(=CC=CC=[N+](CCCCCC(=O)O)c2ccc(S(=O)(=O)O)cc2C(C)CCOC)C(C)(CCCS(=O)(=O)O)c2cc(S(=O)(=O)O)ccc21. The van der Waals surface area contributed by atoms with Crippen molar-refractivity contribution in [2.45, 2.75) is 79.9 Å². The fourth-order valence-electron chi connectivity index (χ4n) is 7.25. The molecule has 0 spiro atoms. The van der Waals surface area contributed by atoms with E-state index in [1.165, 1.54) is 24.3 Å². The summed E-state index contributed by atoms with van der Waals surface area (Å²) in [5.74, 6) is -1.65. The number of benzene rings is 2. The molecule has 63 heavy (non-hydrogen) atoms. The quantitative estimate of drug-likeness (QED) is 0.0325. The second-order valence-electron chi connectivity index (χ2n) is 15.2. The molecule has 0 aliphatic carbocycles. The van der Waals surface area contributed by atoms with Crippen LogP contribution in [0.3, 0.4) is 0 Å². The molecule has 18 nitrogen and oxygen atoms in total. The molecule has 4 N–H and O–H groups in total. The van der Waals surface area contributed by atoms with Gasteiger partial charge in [-0.05, 0) is 86.9 Å². The second kappa shape index (κ2) is 25.8. The lowest BCUT2D eigenvalue weighted by Crippen LogP contribution is -2.31. The molecule has 3 rings (SSSR count). The number of ether oxygens (including phenoxy) is 5. The van der Waals surface area contributed by atoms with Crippen molar-refractivity contribution >= 4 is 53.9 Å². The molecule has 2 unspecified atom stereocenters. The molecule has 0 radical (unpaired) electrons. The van der Waals surface area contributed by atoms with Crippen molar-refractivity contribution in [1.29, 1.82) is 0 Å². The Kier molecular flexibility index (Phi) is 22.0. The Labute approximate surface area is 371 Å². The summed E-state index contributed by atoms with van der Waals surface area (Å²) < 4.78 is 131. The molecule has 2 aromatic carbocycles. The summed E-state index contributed by atoms with van der Waals surface area (Å²) in [5.41, 5.74) is 2.01. The van der Waals surface area contributed by atoms with E-state index in [0.717, 1.165) is 0 Å². The molecule has 2 atom stereocenters. The summed E-state index contributed by atoms with van der Waals surface area (Å²) in [6.07, 6.45) is 9.44. The Hall–Kier alpha value is -3.61. The average molecular weight is 948 g/mol. The summed E-state index contributed by atoms with van der Waals surface area (Å²) in [6, 6.07) is 8.56. The molecule has 1 heterocycles. The van der Waals surface area contributed by atoms with Gasteiger partial charge >= 0.3 is 5.97 Å². The maximum absolute atomic E-state index is 12.3. The third-order valence-electron chi connectivity index (χ3n) is 10.5. The van der Waals surface area contributed by atoms with Gasteiger partial charge in [-0.15, -0.1) is 0 Å². The Bertz CT molecular complexity index is 2230. The summed E-state index contributed by atoms with van der Waals surface area (Å²) >= 11 is 0. The first-order valence-corrected chi connectivity index (χ1v) is 25.1. The number of allylic oxidation sites excluding steroid dienone is 4. The first-order valence-electron chi connectivity index (χ1n) is 20.6. The van der Waals surface area contributed by atoms with E-state index < -0.39 is 47.5 Å². The van der Waals surface area contributed by atoms with Crippen LogP contribution < -0.4 is 4.90 Å². The van der Waals surface area contributed by atoms with Gasteiger partial charge in [0.05, 0.1) is 61.8 Å². The molecule has 2 aromatic rings. The monoisotopic (exact) mass is 947 g/mol. The Morgan fingerprint density at radius 1 is 0.778 bits per heavy atom. The minimum absolute atomic E-state index is 0.00810. The fraction of sp³-hybridized carbons (Fsp3) is 0.571. The summed E-state index contributed by atoms with van der Waals surface area (Å²) in [7, 11) is -10.3. The number of carboxylic acids is 1. The van der Waals surface area contributed by atoms with E-state index in [2.05, 4.69) is 0 Å². The van der Waals surface area contributed by atoms with Gasteiger partial charge < -0.3 is 33.7 Å². The molecule has 0 bridgehead atoms. The highest BCUT2D eigenvalue weighted by atomic mass is 32.2. The van der Waals surface area contributed by atoms with Gasteiger partial charge in [-0.1, -0.05) is 13.0 Å². The molecule has 0 aromatic heterocycles. The van der Waals surface area contributed by atoms with Crippen LogP contribution in [0.15, 0.2) is 70.1 Å². The van der Waals surface area contributed by atoms with Crippen molar-refractivity contribution in [2.75, 3.05) is 90.8 Å². The number of hydrogen-bond acceptors (Lipinski definition) is 13. The zero-order valence-electron chi connectivity index (χ0n) is 36.4. The minimum atomic E-state index is -4.63. The van der Waals surface area contributed by atoms with Gasteiger partial charge in [-0.25, -0.2) is 0 Å². The van der Waals surface area contributed by atoms with Crippen LogP contribution in [0.5, 0.6) is 0 Å². The van der Waals surface area contributed by atoms with Crippen LogP contribution in [-0.4, -0.2) is 147 Å². The molecule has 0 fully saturated rings. The van der Waals surface area contributed by atoms with Gasteiger partial charge in [-0.3, -0.25) is 18.5 Å². The maximum Gasteiger partial charge on any atom is 0.303 e. The first-order chi connectivity index (χ1) is 29.7. The Morgan fingerprint density at radius 3 is 1.98 bits per heavy atom. The lowest BCUT2D eigenvalue weighted by atomic mass is 9.77. The van der Waals surface area contributed by atoms with Crippen LogP contribution in [0, 0.1) is 0 Å². The van der Waals surface area contributed by atoms with Crippen molar-refractivity contribution in [1.82, 2.24) is 0 Å². The van der Waals surface area contributed by atoms with Crippen LogP contribution in [-0.2, 0) is 64.2 Å². The van der Waals surface area contributed by atoms with E-state index in [1.807, 2.05) is 23.3 Å². The zero-order valence-corrected chi connectivity index (χ0v) is 38.8. The van der Waals surface area contributed by atoms with Gasteiger partial charge in [-0.2, -0.15) is 29.8 Å². The minimum Gasteiger partial charge on any atom is -0.481 e. The normalized spacial score (nSPS) is 17.2. The third-order valence-corrected chi connectivity index (χ3v) is 13.0. The van der Waals surface area contributed by atoms with Crippen molar-refractivity contribution in [3.05, 3.63) is 71.5 Å². The smallest absolute Gasteiger partial charge is 0.303 e. The van der Waals surface area contributed by atoms with Crippen LogP contribution >= 0.6 is 0 Å². The highest BCUT2D eigenvalue weighted by molar-refractivity contribution is 7.86. The average Bonchev–Trinajstić information content (AvgIpc) is 3.43. The molecule has 354 valence electrons. The summed E-state index contributed by atoms with van der Waals surface area (Å²) in [6.45, 7) is 7.30. The van der Waals surface area contributed by atoms with Crippen molar-refractivity contribution in [3.63, 3.8) is 0 Å². The molecular formula is C42H63N2O16S3+. The number of hydrogen-bond donors (Lipinski definition) is 4. The van der Waals surface area contributed by atoms with E-state index in [0.29, 0.717) is 100 Å². The molecular weight excluding hydrogens is 885 g/mol. The van der Waals surface area contributed by atoms with Crippen molar-refractivity contribution < 1.29 is 77.1 Å². The lowest BCUT2D eigenvalue weighted by molar-refractivity contribution is -0.436. The standard InChI is InChI=1S/C42H62N2O16S3/c1-33(17-22-56-3)36-31-34(62(50,51)52)13-15-38(36)43(19-8-5-6-12-41(45)46)20-9-7-11-40-42(2,18-10-30-61(47,48)49)37-32-35(63(53,54)55)14-16-39(37)44(40)21-23-58-26-27-60-29-28-59-25-24-57-4/h7,9,11,13-16,20,31-33H,5-6,8,10,12,17-19,21-30H2,1-4H3,(H3-,45,46,47,48,49,50,51,52,53,54,55)/p+1. The van der Waals surface area contributed by atoms with Crippen LogP contribution in [0.2, 0.25) is 0 Å². The molecule has 1 aliphatic heterocycles. The number of carbonyl (C=O) groups is 1. The highest BCUT2D eigenvalue weighted by Crippen LogP contribution is 2.51. The van der Waals surface area contributed by atoms with Crippen LogP contribution in [0.25, 0.3) is 0 Å². The topological polar surface area (TPSA) is 253 Å². The third kappa shape index (κ3) is 17.7. The number of methoxy groups -OCH3 is 2. The number of carboxylic acid groups (broad SMARTS) is 1. The van der Waals surface area contributed by atoms with Gasteiger partial charge in [0.25, 0.3) is 30.4 Å². The highest BCUT2D eigenvalue weighted by Gasteiger charge is 2.43. The van der Waals surface area contributed by atoms with E-state index in [-0.39, 0.29) is 54.7 Å². The van der Waals surface area contributed by atoms with Gasteiger partial charge in [0.2, 0.25) is 5.69 Å². The van der Waals surface area contributed by atoms with Gasteiger partial charge in [0.1, 0.15) is 6.54 Å².